The molecule has 0 unspecified atom stereocenters. The highest BCUT2D eigenvalue weighted by Crippen LogP contribution is 2.04. The summed E-state index contributed by atoms with van der Waals surface area (Å²) < 4.78 is 5.03. The van der Waals surface area contributed by atoms with Crippen LogP contribution in [0.25, 0.3) is 0 Å². The smallest absolute Gasteiger partial charge is 0.0539 e. The van der Waals surface area contributed by atoms with Crippen LogP contribution in [0, 0.1) is 5.92 Å². The molecule has 0 bridgehead atoms. The monoisotopic (exact) mass is 157 g/mol. The van der Waals surface area contributed by atoms with Gasteiger partial charge in [-0.3, -0.25) is 0 Å². The van der Waals surface area contributed by atoms with Crippen LogP contribution in [0.4, 0.5) is 0 Å². The molecule has 0 radical (unpaired) electrons. The number of ether oxygens (including phenoxy) is 1. The van der Waals surface area contributed by atoms with E-state index in [1.165, 1.54) is 0 Å². The van der Waals surface area contributed by atoms with Crippen molar-refractivity contribution in [3.8, 4) is 0 Å². The Morgan fingerprint density at radius 3 is 2.55 bits per heavy atom. The average molecular weight is 157 g/mol. The molecule has 0 spiro atoms. The minimum Gasteiger partial charge on any atom is -0.384 e. The van der Waals surface area contributed by atoms with Gasteiger partial charge in [-0.2, -0.15) is 0 Å². The topological polar surface area (TPSA) is 35.2 Å². The quantitative estimate of drug-likeness (QED) is 0.615. The van der Waals surface area contributed by atoms with E-state index in [-0.39, 0.29) is 6.04 Å². The third-order valence-corrected chi connectivity index (χ3v) is 1.65. The highest BCUT2D eigenvalue weighted by atomic mass is 16.5. The Hall–Kier alpha value is -0.340. The molecule has 0 fully saturated rings. The Morgan fingerprint density at radius 1 is 1.55 bits per heavy atom. The Morgan fingerprint density at radius 2 is 2.18 bits per heavy atom. The third-order valence-electron chi connectivity index (χ3n) is 1.65. The summed E-state index contributed by atoms with van der Waals surface area (Å²) in [6, 6.07) is 0.178. The zero-order valence-electron chi connectivity index (χ0n) is 7.71. The molecule has 2 atom stereocenters. The average Bonchev–Trinajstić information content (AvgIpc) is 1.97. The molecule has 2 N–H and O–H groups in total. The van der Waals surface area contributed by atoms with Gasteiger partial charge in [0.25, 0.3) is 0 Å². The summed E-state index contributed by atoms with van der Waals surface area (Å²) in [5, 5.41) is 0. The molecule has 0 rings (SSSR count). The van der Waals surface area contributed by atoms with E-state index < -0.39 is 0 Å². The van der Waals surface area contributed by atoms with E-state index in [1.807, 2.05) is 6.92 Å². The maximum absolute atomic E-state index is 5.73. The van der Waals surface area contributed by atoms with Gasteiger partial charge in [-0.05, 0) is 13.3 Å². The fraction of sp³-hybridized carbons (Fsp3) is 0.778. The van der Waals surface area contributed by atoms with Gasteiger partial charge in [-0.25, -0.2) is 0 Å². The van der Waals surface area contributed by atoms with Gasteiger partial charge in [0, 0.05) is 19.1 Å². The Balaban J connectivity index is 3.78. The van der Waals surface area contributed by atoms with Crippen LogP contribution in [0.2, 0.25) is 0 Å². The number of methoxy groups -OCH3 is 1. The molecule has 11 heavy (non-hydrogen) atoms. The lowest BCUT2D eigenvalue weighted by molar-refractivity contribution is 0.161. The molecule has 0 aliphatic carbocycles. The first-order valence-corrected chi connectivity index (χ1v) is 4.13. The Kier molecular flexibility index (Phi) is 6.18. The Labute approximate surface area is 69.4 Å². The van der Waals surface area contributed by atoms with Gasteiger partial charge in [-0.1, -0.05) is 19.1 Å². The fourth-order valence-electron chi connectivity index (χ4n) is 0.886. The van der Waals surface area contributed by atoms with Crippen molar-refractivity contribution in [2.24, 2.45) is 11.7 Å². The zero-order valence-corrected chi connectivity index (χ0v) is 7.71. The molecule has 0 amide bonds. The first-order chi connectivity index (χ1) is 5.22. The van der Waals surface area contributed by atoms with Gasteiger partial charge in [0.1, 0.15) is 0 Å². The van der Waals surface area contributed by atoms with Crippen molar-refractivity contribution >= 4 is 0 Å². The summed E-state index contributed by atoms with van der Waals surface area (Å²) in [5.41, 5.74) is 5.73. The molecule has 0 aromatic carbocycles. The SMILES string of the molecule is CC/C=C\[C@@H](COC)[C@@H](C)N. The van der Waals surface area contributed by atoms with Crippen LogP contribution in [0.5, 0.6) is 0 Å². The van der Waals surface area contributed by atoms with Crippen molar-refractivity contribution in [1.29, 1.82) is 0 Å². The molecule has 66 valence electrons. The van der Waals surface area contributed by atoms with E-state index in [0.717, 1.165) is 6.42 Å². The fourth-order valence-corrected chi connectivity index (χ4v) is 0.886. The Bertz CT molecular complexity index is 110. The van der Waals surface area contributed by atoms with Crippen molar-refractivity contribution < 1.29 is 4.74 Å². The summed E-state index contributed by atoms with van der Waals surface area (Å²) in [4.78, 5) is 0. The molecule has 0 aromatic heterocycles. The lowest BCUT2D eigenvalue weighted by atomic mass is 10.0. The van der Waals surface area contributed by atoms with Gasteiger partial charge < -0.3 is 10.5 Å². The summed E-state index contributed by atoms with van der Waals surface area (Å²) in [7, 11) is 1.70. The number of allylic oxidation sites excluding steroid dienone is 1. The molecule has 0 aliphatic rings. The first kappa shape index (κ1) is 10.7. The van der Waals surface area contributed by atoms with E-state index in [1.54, 1.807) is 7.11 Å². The molecule has 0 saturated carbocycles. The number of nitrogens with two attached hydrogens (primary N) is 1. The van der Waals surface area contributed by atoms with Crippen LogP contribution < -0.4 is 5.73 Å². The predicted octanol–water partition coefficient (Wildman–Crippen LogP) is 1.56. The maximum Gasteiger partial charge on any atom is 0.0539 e. The highest BCUT2D eigenvalue weighted by molar-refractivity contribution is 4.91. The van der Waals surface area contributed by atoms with Gasteiger partial charge >= 0.3 is 0 Å². The van der Waals surface area contributed by atoms with Crippen molar-refractivity contribution in [3.05, 3.63) is 12.2 Å². The summed E-state index contributed by atoms with van der Waals surface area (Å²) in [5.74, 6) is 0.361. The second-order valence-corrected chi connectivity index (χ2v) is 2.81. The van der Waals surface area contributed by atoms with Crippen LogP contribution >= 0.6 is 0 Å². The first-order valence-electron chi connectivity index (χ1n) is 4.13. The molecular formula is C9H19NO. The maximum atomic E-state index is 5.73. The molecule has 2 heteroatoms. The second kappa shape index (κ2) is 6.38. The van der Waals surface area contributed by atoms with Crippen LogP contribution in [0.3, 0.4) is 0 Å². The lowest BCUT2D eigenvalue weighted by Gasteiger charge is -2.15. The van der Waals surface area contributed by atoms with E-state index in [2.05, 4.69) is 19.1 Å². The molecule has 0 saturated heterocycles. The number of hydrogen-bond acceptors (Lipinski definition) is 2. The van der Waals surface area contributed by atoms with E-state index in [4.69, 9.17) is 10.5 Å². The molecule has 0 aromatic rings. The minimum atomic E-state index is 0.178. The second-order valence-electron chi connectivity index (χ2n) is 2.81. The molecule has 2 nitrogen and oxygen atoms in total. The summed E-state index contributed by atoms with van der Waals surface area (Å²) >= 11 is 0. The number of hydrogen-bond donors (Lipinski definition) is 1. The van der Waals surface area contributed by atoms with Crippen LogP contribution in [0.1, 0.15) is 20.3 Å². The van der Waals surface area contributed by atoms with Crippen LogP contribution in [-0.2, 0) is 4.74 Å². The van der Waals surface area contributed by atoms with Crippen molar-refractivity contribution in [3.63, 3.8) is 0 Å². The normalized spacial score (nSPS) is 17.1. The predicted molar refractivity (Wildman–Crippen MR) is 48.4 cm³/mol. The lowest BCUT2D eigenvalue weighted by Crippen LogP contribution is -2.28. The van der Waals surface area contributed by atoms with Gasteiger partial charge in [0.05, 0.1) is 6.61 Å². The van der Waals surface area contributed by atoms with E-state index in [0.29, 0.717) is 12.5 Å². The van der Waals surface area contributed by atoms with Gasteiger partial charge in [0.15, 0.2) is 0 Å². The number of rotatable bonds is 5. The van der Waals surface area contributed by atoms with Crippen LogP contribution in [-0.4, -0.2) is 19.8 Å². The standard InChI is InChI=1S/C9H19NO/c1-4-5-6-9(7-11-3)8(2)10/h5-6,8-9H,4,7,10H2,1-3H3/b6-5-/t8-,9+/m1/s1. The molecule has 0 aliphatic heterocycles. The van der Waals surface area contributed by atoms with Gasteiger partial charge in [-0.15, -0.1) is 0 Å². The van der Waals surface area contributed by atoms with E-state index >= 15 is 0 Å². The van der Waals surface area contributed by atoms with Crippen molar-refractivity contribution in [1.82, 2.24) is 0 Å². The summed E-state index contributed by atoms with van der Waals surface area (Å²) in [6.45, 7) is 4.83. The van der Waals surface area contributed by atoms with E-state index in [9.17, 15) is 0 Å². The largest absolute Gasteiger partial charge is 0.384 e. The van der Waals surface area contributed by atoms with Crippen molar-refractivity contribution in [2.75, 3.05) is 13.7 Å². The van der Waals surface area contributed by atoms with Crippen LogP contribution in [0.15, 0.2) is 12.2 Å². The molecule has 0 heterocycles. The minimum absolute atomic E-state index is 0.178. The zero-order chi connectivity index (χ0) is 8.69. The van der Waals surface area contributed by atoms with Gasteiger partial charge in [0.2, 0.25) is 0 Å². The highest BCUT2D eigenvalue weighted by Gasteiger charge is 2.08. The molecular weight excluding hydrogens is 138 g/mol. The summed E-state index contributed by atoms with van der Waals surface area (Å²) in [6.07, 6.45) is 5.33. The van der Waals surface area contributed by atoms with Crippen molar-refractivity contribution in [2.45, 2.75) is 26.3 Å². The third kappa shape index (κ3) is 4.99.